The summed E-state index contributed by atoms with van der Waals surface area (Å²) in [5.74, 6) is -2.18. The fourth-order valence-electron chi connectivity index (χ4n) is 2.17. The Morgan fingerprint density at radius 2 is 1.72 bits per heavy atom. The molecule has 0 aromatic rings. The molecule has 0 aromatic heterocycles. The molecular weight excluding hydrogens is 409 g/mol. The molecule has 3 atom stereocenters. The summed E-state index contributed by atoms with van der Waals surface area (Å²) in [6.07, 6.45) is -7.37. The van der Waals surface area contributed by atoms with Crippen LogP contribution in [-0.2, 0) is 9.16 Å². The Balaban J connectivity index is 6.08. The first-order valence-electron chi connectivity index (χ1n) is 9.24. The van der Waals surface area contributed by atoms with Crippen LogP contribution in [0.2, 0.25) is 18.1 Å². The average Bonchev–Trinajstić information content (AvgIpc) is 2.47. The molecule has 3 N–H and O–H groups in total. The zero-order valence-electron chi connectivity index (χ0n) is 18.3. The van der Waals surface area contributed by atoms with E-state index in [-0.39, 0.29) is 0 Å². The second-order valence-corrected chi connectivity index (χ2v) is 14.1. The summed E-state index contributed by atoms with van der Waals surface area (Å²) in [4.78, 5) is 14.8. The van der Waals surface area contributed by atoms with Crippen LogP contribution in [0.3, 0.4) is 0 Å². The molecule has 170 valence electrons. The molecule has 8 nitrogen and oxygen atoms in total. The maximum absolute atomic E-state index is 13.8. The molecule has 29 heavy (non-hydrogen) atoms. The van der Waals surface area contributed by atoms with E-state index < -0.39 is 62.4 Å². The number of rotatable bonds is 8. The number of aliphatic hydroxyl groups excluding tert-OH is 1. The van der Waals surface area contributed by atoms with E-state index in [4.69, 9.17) is 14.7 Å². The summed E-state index contributed by atoms with van der Waals surface area (Å²) in [7, 11) is -2.75. The normalized spacial score (nSPS) is 16.4. The van der Waals surface area contributed by atoms with Crippen LogP contribution in [0.25, 0.3) is 0 Å². The number of halogens is 3. The van der Waals surface area contributed by atoms with Crippen molar-refractivity contribution in [2.75, 3.05) is 13.2 Å². The molecule has 1 unspecified atom stereocenters. The van der Waals surface area contributed by atoms with Gasteiger partial charge in [0.05, 0.1) is 18.8 Å². The van der Waals surface area contributed by atoms with E-state index in [0.717, 1.165) is 0 Å². The molecule has 0 aliphatic rings. The van der Waals surface area contributed by atoms with Crippen LogP contribution in [0.15, 0.2) is 5.11 Å². The first-order valence-corrected chi connectivity index (χ1v) is 12.1. The fraction of sp³-hybridized carbons (Fsp3) is 0.941. The number of hydrogen-bond acceptors (Lipinski definition) is 6. The number of nitrogens with zero attached hydrogens (tertiary/aromatic N) is 2. The summed E-state index contributed by atoms with van der Waals surface area (Å²) in [6, 6.07) is -1.40. The Bertz CT molecular complexity index is 597. The van der Waals surface area contributed by atoms with Crippen LogP contribution in [0, 0.1) is 11.4 Å². The number of alkyl carbamates (subject to hydrolysis) is 1. The smallest absolute Gasteiger partial charge is 0.408 e. The van der Waals surface area contributed by atoms with Gasteiger partial charge in [-0.1, -0.05) is 20.8 Å². The highest BCUT2D eigenvalue weighted by Crippen LogP contribution is 2.41. The lowest BCUT2D eigenvalue weighted by atomic mass is 9.96. The molecule has 0 radical (unpaired) electrons. The third kappa shape index (κ3) is 9.24. The minimum absolute atomic E-state index is 0.426. The summed E-state index contributed by atoms with van der Waals surface area (Å²) in [6.45, 7) is 12.3. The molecule has 0 rings (SSSR count). The largest absolute Gasteiger partial charge is 0.444 e. The van der Waals surface area contributed by atoms with Crippen LogP contribution < -0.4 is 10.2 Å². The van der Waals surface area contributed by atoms with E-state index in [9.17, 15) is 23.1 Å². The number of alkyl halides is 3. The third-order valence-corrected chi connectivity index (χ3v) is 9.17. The van der Waals surface area contributed by atoms with Crippen molar-refractivity contribution in [1.29, 1.82) is 5.53 Å². The molecule has 0 bridgehead atoms. The fourth-order valence-corrected chi connectivity index (χ4v) is 3.54. The Morgan fingerprint density at radius 1 is 1.21 bits per heavy atom. The van der Waals surface area contributed by atoms with Crippen molar-refractivity contribution >= 4 is 14.4 Å². The first kappa shape index (κ1) is 27.5. The minimum atomic E-state index is -4.76. The quantitative estimate of drug-likeness (QED) is 0.299. The van der Waals surface area contributed by atoms with Gasteiger partial charge in [0.25, 0.3) is 0 Å². The minimum Gasteiger partial charge on any atom is -0.444 e. The van der Waals surface area contributed by atoms with Gasteiger partial charge in [-0.05, 0) is 38.9 Å². The van der Waals surface area contributed by atoms with Crippen molar-refractivity contribution in [3.05, 3.63) is 0 Å². The second kappa shape index (κ2) is 10.0. The number of nitrogens with one attached hydrogen (secondary N) is 2. The van der Waals surface area contributed by atoms with Crippen molar-refractivity contribution < 1.29 is 32.2 Å². The van der Waals surface area contributed by atoms with Crippen LogP contribution in [-0.4, -0.2) is 56.6 Å². The van der Waals surface area contributed by atoms with E-state index >= 15 is 0 Å². The SMILES string of the molecule is CC(C)(C)OC(=O)NC(CO)[C@H](O[Si](C)(C)C(C)(C)C)[C@H](CN=[N+]=N)C(F)(F)F. The highest BCUT2D eigenvalue weighted by Gasteiger charge is 2.52. The molecule has 0 saturated heterocycles. The molecular formula is C17H34F3N4O4Si+. The first-order chi connectivity index (χ1) is 12.9. The summed E-state index contributed by atoms with van der Waals surface area (Å²) in [5.41, 5.74) is 5.83. The molecule has 12 heteroatoms. The Labute approximate surface area is 170 Å². The van der Waals surface area contributed by atoms with Gasteiger partial charge in [0.2, 0.25) is 4.91 Å². The number of hydrogen-bond donors (Lipinski definition) is 3. The lowest BCUT2D eigenvalue weighted by Gasteiger charge is -2.43. The summed E-state index contributed by atoms with van der Waals surface area (Å²) in [5, 5.41) is 14.8. The van der Waals surface area contributed by atoms with Crippen LogP contribution in [0.1, 0.15) is 41.5 Å². The molecule has 0 aliphatic carbocycles. The van der Waals surface area contributed by atoms with Crippen LogP contribution in [0.5, 0.6) is 0 Å². The van der Waals surface area contributed by atoms with Gasteiger partial charge in [-0.2, -0.15) is 13.2 Å². The van der Waals surface area contributed by atoms with Gasteiger partial charge >= 0.3 is 12.3 Å². The van der Waals surface area contributed by atoms with E-state index in [1.807, 2.05) is 20.8 Å². The zero-order valence-corrected chi connectivity index (χ0v) is 19.3. The van der Waals surface area contributed by atoms with E-state index in [2.05, 4.69) is 15.3 Å². The number of amides is 1. The van der Waals surface area contributed by atoms with Crippen molar-refractivity contribution in [2.45, 2.75) is 83.6 Å². The molecule has 0 spiro atoms. The van der Waals surface area contributed by atoms with Gasteiger partial charge in [-0.3, -0.25) is 0 Å². The highest BCUT2D eigenvalue weighted by molar-refractivity contribution is 6.74. The molecule has 0 fully saturated rings. The monoisotopic (exact) mass is 443 g/mol. The predicted octanol–water partition coefficient (Wildman–Crippen LogP) is 3.99. The van der Waals surface area contributed by atoms with Crippen molar-refractivity contribution in [2.24, 2.45) is 11.0 Å². The Hall–Kier alpha value is -1.49. The predicted molar refractivity (Wildman–Crippen MR) is 104 cm³/mol. The average molecular weight is 444 g/mol. The lowest BCUT2D eigenvalue weighted by Crippen LogP contribution is -2.59. The van der Waals surface area contributed by atoms with Crippen LogP contribution >= 0.6 is 0 Å². The molecule has 0 heterocycles. The third-order valence-electron chi connectivity index (χ3n) is 4.70. The van der Waals surface area contributed by atoms with Crippen molar-refractivity contribution in [1.82, 2.24) is 10.2 Å². The summed E-state index contributed by atoms with van der Waals surface area (Å²) >= 11 is 0. The number of carbonyl (C=O) groups excluding carboxylic acids is 1. The Kier molecular flexibility index (Phi) is 9.49. The zero-order chi connectivity index (χ0) is 23.3. The van der Waals surface area contributed by atoms with E-state index in [1.54, 1.807) is 33.9 Å². The summed E-state index contributed by atoms with van der Waals surface area (Å²) < 4.78 is 52.6. The molecule has 0 aliphatic heterocycles. The maximum atomic E-state index is 13.8. The molecule has 0 saturated carbocycles. The van der Waals surface area contributed by atoms with Crippen molar-refractivity contribution in [3.63, 3.8) is 0 Å². The Morgan fingerprint density at radius 3 is 2.07 bits per heavy atom. The van der Waals surface area contributed by atoms with Gasteiger partial charge in [0, 0.05) is 0 Å². The lowest BCUT2D eigenvalue weighted by molar-refractivity contribution is -0.199. The van der Waals surface area contributed by atoms with Gasteiger partial charge in [0.15, 0.2) is 8.32 Å². The van der Waals surface area contributed by atoms with Gasteiger partial charge in [0.1, 0.15) is 28.7 Å². The number of carbonyl (C=O) groups is 1. The van der Waals surface area contributed by atoms with Gasteiger partial charge < -0.3 is 19.6 Å². The van der Waals surface area contributed by atoms with Crippen LogP contribution in [0.4, 0.5) is 18.0 Å². The molecule has 1 amide bonds. The van der Waals surface area contributed by atoms with Crippen molar-refractivity contribution in [3.8, 4) is 0 Å². The second-order valence-electron chi connectivity index (χ2n) is 9.35. The number of ether oxygens (including phenoxy) is 1. The van der Waals surface area contributed by atoms with E-state index in [0.29, 0.717) is 0 Å². The van der Waals surface area contributed by atoms with E-state index in [1.165, 1.54) is 0 Å². The number of aliphatic hydroxyl groups is 1. The highest BCUT2D eigenvalue weighted by atomic mass is 28.4. The standard InChI is InChI=1S/C17H33F3N4O4Si/c1-15(2,3)27-14(26)23-12(10-25)13(28-29(7,8)16(4,5)6)11(9-22-24-21)17(18,19)20/h11-13,21,25H,9-10H2,1-8H3/p+1/t11-,12?,13+/m0/s1. The van der Waals surface area contributed by atoms with Gasteiger partial charge in [-0.15, -0.1) is 0 Å². The molecule has 0 aromatic carbocycles. The van der Waals surface area contributed by atoms with Gasteiger partial charge in [-0.25, -0.2) is 4.79 Å². The maximum Gasteiger partial charge on any atom is 0.408 e. The topological polar surface area (TPSA) is 118 Å².